The maximum atomic E-state index is 12.8. The van der Waals surface area contributed by atoms with Crippen LogP contribution in [-0.4, -0.2) is 45.7 Å². The molecule has 3 heterocycles. The third-order valence-electron chi connectivity index (χ3n) is 4.82. The normalized spacial score (nSPS) is 18.2. The highest BCUT2D eigenvalue weighted by Gasteiger charge is 2.36. The molecule has 0 aliphatic carbocycles. The third-order valence-corrected chi connectivity index (χ3v) is 6.64. The number of rotatable bonds is 5. The minimum absolute atomic E-state index is 0.104. The van der Waals surface area contributed by atoms with Gasteiger partial charge in [-0.2, -0.15) is 14.4 Å². The van der Waals surface area contributed by atoms with Gasteiger partial charge >= 0.3 is 0 Å². The summed E-state index contributed by atoms with van der Waals surface area (Å²) in [5.74, 6) is 0.899. The quantitative estimate of drug-likeness (QED) is 0.667. The topological polar surface area (TPSA) is 94.1 Å². The fourth-order valence-corrected chi connectivity index (χ4v) is 4.62. The van der Waals surface area contributed by atoms with Crippen LogP contribution < -0.4 is 0 Å². The Kier molecular flexibility index (Phi) is 4.56. The summed E-state index contributed by atoms with van der Waals surface area (Å²) >= 11 is 0. The van der Waals surface area contributed by atoms with Crippen LogP contribution in [0.25, 0.3) is 11.4 Å². The molecule has 0 unspecified atom stereocenters. The van der Waals surface area contributed by atoms with Gasteiger partial charge in [-0.1, -0.05) is 35.0 Å². The summed E-state index contributed by atoms with van der Waals surface area (Å²) in [7, 11) is -3.56. The lowest BCUT2D eigenvalue weighted by molar-refractivity contribution is 0.354. The summed E-state index contributed by atoms with van der Waals surface area (Å²) < 4.78 is 34.1. The SMILES string of the molecule is CCn1cc(S(=O)(=O)N2CC[C@H](c3nc(-c4ccc(C)cc4)no3)C2)cn1. The van der Waals surface area contributed by atoms with Gasteiger partial charge in [0.25, 0.3) is 0 Å². The van der Waals surface area contributed by atoms with Crippen molar-refractivity contribution in [3.63, 3.8) is 0 Å². The second-order valence-electron chi connectivity index (χ2n) is 6.70. The first-order valence-corrected chi connectivity index (χ1v) is 10.3. The van der Waals surface area contributed by atoms with E-state index in [1.165, 1.54) is 10.5 Å². The van der Waals surface area contributed by atoms with E-state index in [0.717, 1.165) is 11.1 Å². The molecule has 0 radical (unpaired) electrons. The Balaban J connectivity index is 1.50. The Morgan fingerprint density at radius 2 is 2.04 bits per heavy atom. The minimum atomic E-state index is -3.56. The number of hydrogen-bond acceptors (Lipinski definition) is 6. The van der Waals surface area contributed by atoms with Gasteiger partial charge in [-0.15, -0.1) is 0 Å². The summed E-state index contributed by atoms with van der Waals surface area (Å²) in [4.78, 5) is 4.70. The highest BCUT2D eigenvalue weighted by atomic mass is 32.2. The van der Waals surface area contributed by atoms with Crippen molar-refractivity contribution in [3.05, 3.63) is 48.1 Å². The van der Waals surface area contributed by atoms with Crippen LogP contribution in [0, 0.1) is 6.92 Å². The molecule has 3 aromatic rings. The van der Waals surface area contributed by atoms with E-state index in [1.807, 2.05) is 38.1 Å². The van der Waals surface area contributed by atoms with E-state index in [9.17, 15) is 8.42 Å². The molecule has 1 aromatic carbocycles. The van der Waals surface area contributed by atoms with Crippen LogP contribution in [0.15, 0.2) is 46.1 Å². The molecule has 9 heteroatoms. The van der Waals surface area contributed by atoms with E-state index in [-0.39, 0.29) is 10.8 Å². The molecule has 0 bridgehead atoms. The van der Waals surface area contributed by atoms with E-state index in [1.54, 1.807) is 10.9 Å². The number of hydrogen-bond donors (Lipinski definition) is 0. The van der Waals surface area contributed by atoms with Crippen molar-refractivity contribution in [2.24, 2.45) is 0 Å². The molecule has 0 N–H and O–H groups in total. The molecule has 0 spiro atoms. The van der Waals surface area contributed by atoms with Crippen molar-refractivity contribution in [1.82, 2.24) is 24.2 Å². The maximum absolute atomic E-state index is 12.8. The Bertz CT molecular complexity index is 1040. The van der Waals surface area contributed by atoms with Crippen LogP contribution in [0.3, 0.4) is 0 Å². The molecule has 1 aliphatic heterocycles. The van der Waals surface area contributed by atoms with Gasteiger partial charge in [0.05, 0.1) is 12.1 Å². The zero-order valence-corrected chi connectivity index (χ0v) is 16.1. The zero-order valence-electron chi connectivity index (χ0n) is 15.2. The maximum Gasteiger partial charge on any atom is 0.246 e. The Hall–Kier alpha value is -2.52. The molecule has 8 nitrogen and oxygen atoms in total. The minimum Gasteiger partial charge on any atom is -0.339 e. The molecule has 1 atom stereocenters. The lowest BCUT2D eigenvalue weighted by Gasteiger charge is -2.14. The van der Waals surface area contributed by atoms with Gasteiger partial charge in [-0.05, 0) is 20.3 Å². The van der Waals surface area contributed by atoms with Gasteiger partial charge in [0.1, 0.15) is 4.90 Å². The summed E-state index contributed by atoms with van der Waals surface area (Å²) in [6, 6.07) is 7.87. The Morgan fingerprint density at radius 1 is 1.26 bits per heavy atom. The van der Waals surface area contributed by atoms with Crippen molar-refractivity contribution in [3.8, 4) is 11.4 Å². The van der Waals surface area contributed by atoms with Crippen LogP contribution in [-0.2, 0) is 16.6 Å². The molecule has 27 heavy (non-hydrogen) atoms. The van der Waals surface area contributed by atoms with E-state index in [4.69, 9.17) is 4.52 Å². The number of nitrogens with zero attached hydrogens (tertiary/aromatic N) is 5. The number of aryl methyl sites for hydroxylation is 2. The summed E-state index contributed by atoms with van der Waals surface area (Å²) in [6.45, 7) is 5.31. The molecule has 1 saturated heterocycles. The van der Waals surface area contributed by atoms with Crippen molar-refractivity contribution in [2.75, 3.05) is 13.1 Å². The van der Waals surface area contributed by atoms with E-state index in [0.29, 0.717) is 37.8 Å². The van der Waals surface area contributed by atoms with Gasteiger partial charge in [0, 0.05) is 31.4 Å². The smallest absolute Gasteiger partial charge is 0.246 e. The molecule has 0 saturated carbocycles. The van der Waals surface area contributed by atoms with Gasteiger partial charge in [0.2, 0.25) is 21.7 Å². The summed E-state index contributed by atoms with van der Waals surface area (Å²) in [5.41, 5.74) is 2.04. The fraction of sp³-hybridized carbons (Fsp3) is 0.389. The Labute approximate surface area is 157 Å². The molecule has 0 amide bonds. The first kappa shape index (κ1) is 17.9. The molecule has 4 rings (SSSR count). The molecular weight excluding hydrogens is 366 g/mol. The van der Waals surface area contributed by atoms with Gasteiger partial charge in [-0.3, -0.25) is 4.68 Å². The van der Waals surface area contributed by atoms with E-state index >= 15 is 0 Å². The van der Waals surface area contributed by atoms with Crippen molar-refractivity contribution in [1.29, 1.82) is 0 Å². The third kappa shape index (κ3) is 3.40. The number of benzene rings is 1. The number of sulfonamides is 1. The van der Waals surface area contributed by atoms with E-state index in [2.05, 4.69) is 15.2 Å². The highest BCUT2D eigenvalue weighted by Crippen LogP contribution is 2.31. The molecular formula is C18H21N5O3S. The Morgan fingerprint density at radius 3 is 2.74 bits per heavy atom. The average molecular weight is 387 g/mol. The van der Waals surface area contributed by atoms with Crippen LogP contribution in [0.4, 0.5) is 0 Å². The standard InChI is InChI=1S/C18H21N5O3S/c1-3-22-12-16(10-19-22)27(24,25)23-9-8-15(11-23)18-20-17(21-26-18)14-6-4-13(2)5-7-14/h4-7,10,12,15H,3,8-9,11H2,1-2H3/t15-/m0/s1. The fourth-order valence-electron chi connectivity index (χ4n) is 3.17. The number of aromatic nitrogens is 4. The predicted octanol–water partition coefficient (Wildman–Crippen LogP) is 2.44. The highest BCUT2D eigenvalue weighted by molar-refractivity contribution is 7.89. The molecule has 1 fully saturated rings. The van der Waals surface area contributed by atoms with Gasteiger partial charge < -0.3 is 4.52 Å². The largest absolute Gasteiger partial charge is 0.339 e. The van der Waals surface area contributed by atoms with Crippen molar-refractivity contribution >= 4 is 10.0 Å². The molecule has 2 aromatic heterocycles. The zero-order chi connectivity index (χ0) is 19.0. The van der Waals surface area contributed by atoms with Gasteiger partial charge in [0.15, 0.2) is 0 Å². The van der Waals surface area contributed by atoms with Gasteiger partial charge in [-0.25, -0.2) is 8.42 Å². The van der Waals surface area contributed by atoms with Crippen LogP contribution in [0.5, 0.6) is 0 Å². The van der Waals surface area contributed by atoms with Crippen LogP contribution in [0.1, 0.15) is 30.7 Å². The second kappa shape index (κ2) is 6.90. The van der Waals surface area contributed by atoms with E-state index < -0.39 is 10.0 Å². The molecule has 142 valence electrons. The first-order chi connectivity index (χ1) is 13.0. The summed E-state index contributed by atoms with van der Waals surface area (Å²) in [6.07, 6.45) is 3.61. The lowest BCUT2D eigenvalue weighted by Crippen LogP contribution is -2.28. The summed E-state index contributed by atoms with van der Waals surface area (Å²) in [5, 5.41) is 8.12. The lowest BCUT2D eigenvalue weighted by atomic mass is 10.1. The molecule has 1 aliphatic rings. The van der Waals surface area contributed by atoms with Crippen molar-refractivity contribution < 1.29 is 12.9 Å². The predicted molar refractivity (Wildman–Crippen MR) is 98.5 cm³/mol. The van der Waals surface area contributed by atoms with Crippen molar-refractivity contribution in [2.45, 2.75) is 37.6 Å². The average Bonchev–Trinajstić information content (AvgIpc) is 3.40. The second-order valence-corrected chi connectivity index (χ2v) is 8.64. The monoisotopic (exact) mass is 387 g/mol. The van der Waals surface area contributed by atoms with Crippen LogP contribution >= 0.6 is 0 Å². The van der Waals surface area contributed by atoms with Crippen LogP contribution in [0.2, 0.25) is 0 Å². The first-order valence-electron chi connectivity index (χ1n) is 8.90.